The molecule has 4 nitrogen and oxygen atoms in total. The van der Waals surface area contributed by atoms with Crippen LogP contribution in [0.1, 0.15) is 33.3 Å². The predicted octanol–water partition coefficient (Wildman–Crippen LogP) is 15.9. The average molecular weight is 928 g/mol. The number of hydrogen-bond donors (Lipinski definition) is 0. The third-order valence-corrected chi connectivity index (χ3v) is 14.8. The van der Waals surface area contributed by atoms with Crippen molar-refractivity contribution in [1.82, 2.24) is 4.57 Å². The molecule has 0 amide bonds. The summed E-state index contributed by atoms with van der Waals surface area (Å²) in [4.78, 5) is 0. The first-order valence-electron chi connectivity index (χ1n) is 22.8. The number of halogens is 1. The molecule has 11 aromatic carbocycles. The summed E-state index contributed by atoms with van der Waals surface area (Å²) in [6.45, 7) is 8.30. The van der Waals surface area contributed by atoms with Gasteiger partial charge in [-0.3, -0.25) is 0 Å². The lowest BCUT2D eigenvalue weighted by atomic mass is 9.75. The largest absolute Gasteiger partial charge is 0.495 e. The first kappa shape index (κ1) is 41.2. The highest BCUT2D eigenvalue weighted by Crippen LogP contribution is 2.46. The van der Waals surface area contributed by atoms with Crippen molar-refractivity contribution in [3.63, 3.8) is 0 Å². The number of fused-ring (bicyclic) bond motifs is 4. The Bertz CT molecular complexity index is 3960. The Morgan fingerprint density at radius 1 is 0.463 bits per heavy atom. The van der Waals surface area contributed by atoms with Crippen LogP contribution in [-0.4, -0.2) is 22.9 Å². The van der Waals surface area contributed by atoms with Gasteiger partial charge in [0.15, 0.2) is 0 Å². The van der Waals surface area contributed by atoms with Gasteiger partial charge in [-0.15, -0.1) is 0 Å². The number of nitrogens with zero attached hydrogens (tertiary/aromatic N) is 2. The Hall–Kier alpha value is -7.27. The molecule has 0 aliphatic carbocycles. The molecule has 320 valence electrons. The molecule has 1 aliphatic heterocycles. The fraction of sp³-hybridized carbons (Fsp3) is 0.0984. The normalized spacial score (nSPS) is 14.4. The van der Waals surface area contributed by atoms with E-state index >= 15 is 0 Å². The highest BCUT2D eigenvalue weighted by Gasteiger charge is 2.52. The molecule has 1 aliphatic rings. The van der Waals surface area contributed by atoms with E-state index in [4.69, 9.17) is 9.31 Å². The summed E-state index contributed by atoms with van der Waals surface area (Å²) < 4.78 is 16.2. The van der Waals surface area contributed by atoms with Crippen LogP contribution in [-0.2, 0) is 9.31 Å². The van der Waals surface area contributed by atoms with Crippen molar-refractivity contribution in [3.05, 3.63) is 204 Å². The van der Waals surface area contributed by atoms with Gasteiger partial charge >= 0.3 is 7.12 Å². The number of benzene rings is 11. The SMILES string of the molecule is Brc1ccc2c(-c3ccc4ccccc4c3)c3ccccc3c(-c3ccc4ccccc4c3)c2c1.CC1(C)OB(c2ccc3c4c2ccc2c(C#N)ccc(c24)n3-c2ccccc2)OC1(C)C. The van der Waals surface area contributed by atoms with E-state index in [9.17, 15) is 5.26 Å². The van der Waals surface area contributed by atoms with E-state index in [1.165, 1.54) is 65.3 Å². The summed E-state index contributed by atoms with van der Waals surface area (Å²) in [5.74, 6) is 0. The average Bonchev–Trinajstić information content (AvgIpc) is 3.81. The van der Waals surface area contributed by atoms with E-state index < -0.39 is 18.3 Å². The van der Waals surface area contributed by atoms with Crippen molar-refractivity contribution < 1.29 is 9.31 Å². The number of para-hydroxylation sites is 1. The lowest BCUT2D eigenvalue weighted by molar-refractivity contribution is 0.00578. The zero-order valence-electron chi connectivity index (χ0n) is 37.6. The molecule has 0 N–H and O–H groups in total. The Kier molecular flexibility index (Phi) is 9.64. The second-order valence-corrected chi connectivity index (χ2v) is 19.6. The Morgan fingerprint density at radius 3 is 1.57 bits per heavy atom. The molecule has 6 heteroatoms. The summed E-state index contributed by atoms with van der Waals surface area (Å²) in [5, 5.41) is 24.2. The second-order valence-electron chi connectivity index (χ2n) is 18.7. The Labute approximate surface area is 398 Å². The van der Waals surface area contributed by atoms with E-state index in [1.807, 2.05) is 12.1 Å². The highest BCUT2D eigenvalue weighted by atomic mass is 79.9. The second kappa shape index (κ2) is 15.7. The van der Waals surface area contributed by atoms with Crippen molar-refractivity contribution in [1.29, 1.82) is 5.26 Å². The van der Waals surface area contributed by atoms with Gasteiger partial charge in [0.25, 0.3) is 0 Å². The summed E-state index contributed by atoms with van der Waals surface area (Å²) >= 11 is 3.76. The molecule has 2 heterocycles. The van der Waals surface area contributed by atoms with E-state index in [0.717, 1.165) is 48.2 Å². The third kappa shape index (κ3) is 6.64. The van der Waals surface area contributed by atoms with Gasteiger partial charge in [-0.1, -0.05) is 155 Å². The zero-order valence-corrected chi connectivity index (χ0v) is 39.2. The van der Waals surface area contributed by atoms with E-state index in [-0.39, 0.29) is 0 Å². The molecule has 1 aromatic heterocycles. The first-order valence-corrected chi connectivity index (χ1v) is 23.6. The molecular weight excluding hydrogens is 883 g/mol. The smallest absolute Gasteiger partial charge is 0.399 e. The molecule has 67 heavy (non-hydrogen) atoms. The van der Waals surface area contributed by atoms with Crippen molar-refractivity contribution in [2.75, 3.05) is 0 Å². The van der Waals surface area contributed by atoms with Crippen molar-refractivity contribution in [3.8, 4) is 34.0 Å². The van der Waals surface area contributed by atoms with Gasteiger partial charge in [-0.05, 0) is 158 Å². The molecule has 0 radical (unpaired) electrons. The molecular formula is C61H44BBrN2O2. The number of aromatic nitrogens is 1. The van der Waals surface area contributed by atoms with Crippen LogP contribution in [0.5, 0.6) is 0 Å². The van der Waals surface area contributed by atoms with E-state index in [0.29, 0.717) is 5.56 Å². The van der Waals surface area contributed by atoms with Crippen LogP contribution in [0.4, 0.5) is 0 Å². The summed E-state index contributed by atoms with van der Waals surface area (Å²) in [6.07, 6.45) is 0. The highest BCUT2D eigenvalue weighted by molar-refractivity contribution is 9.10. The molecule has 1 saturated heterocycles. The minimum Gasteiger partial charge on any atom is -0.399 e. The summed E-state index contributed by atoms with van der Waals surface area (Å²) in [7, 11) is -0.445. The minimum absolute atomic E-state index is 0.408. The fourth-order valence-electron chi connectivity index (χ4n) is 10.4. The van der Waals surface area contributed by atoms with Crippen LogP contribution < -0.4 is 5.46 Å². The molecule has 0 spiro atoms. The maximum absolute atomic E-state index is 9.74. The van der Waals surface area contributed by atoms with Gasteiger partial charge in [-0.2, -0.15) is 5.26 Å². The molecule has 0 unspecified atom stereocenters. The molecule has 0 atom stereocenters. The van der Waals surface area contributed by atoms with Crippen LogP contribution in [0.25, 0.3) is 104 Å². The molecule has 0 saturated carbocycles. The molecule has 12 aromatic rings. The minimum atomic E-state index is -0.445. The van der Waals surface area contributed by atoms with Gasteiger partial charge in [0.1, 0.15) is 0 Å². The topological polar surface area (TPSA) is 47.2 Å². The number of rotatable bonds is 4. The lowest BCUT2D eigenvalue weighted by Gasteiger charge is -2.32. The van der Waals surface area contributed by atoms with Crippen molar-refractivity contribution in [2.45, 2.75) is 38.9 Å². The van der Waals surface area contributed by atoms with Gasteiger partial charge in [0.05, 0.1) is 33.9 Å². The van der Waals surface area contributed by atoms with Crippen LogP contribution in [0.15, 0.2) is 199 Å². The van der Waals surface area contributed by atoms with Crippen LogP contribution in [0, 0.1) is 11.3 Å². The van der Waals surface area contributed by atoms with Gasteiger partial charge in [0, 0.05) is 26.3 Å². The van der Waals surface area contributed by atoms with Gasteiger partial charge < -0.3 is 13.9 Å². The maximum atomic E-state index is 9.74. The summed E-state index contributed by atoms with van der Waals surface area (Å²) in [6, 6.07) is 71.5. The van der Waals surface area contributed by atoms with Crippen LogP contribution in [0.2, 0.25) is 0 Å². The zero-order chi connectivity index (χ0) is 45.6. The molecule has 13 rings (SSSR count). The number of nitriles is 1. The van der Waals surface area contributed by atoms with Crippen molar-refractivity contribution in [2.24, 2.45) is 0 Å². The standard InChI is InChI=1S/C34H21Br.C27H23BN2O2/c35-28-17-18-31-32(21-28)34(27-16-14-23-8-2-4-10-25(23)20-27)30-12-6-5-11-29(30)33(31)26-15-13-22-7-1-3-9-24(22)19-26;1-26(2)27(3,4)32-28(31-26)21-13-15-23-25-20(21)12-11-19-17(16-29)10-14-22(24(19)25)30(23)18-8-6-5-7-9-18/h1-21H;5-15H,1-4H3. The van der Waals surface area contributed by atoms with Crippen molar-refractivity contribution >= 4 is 104 Å². The van der Waals surface area contributed by atoms with Gasteiger partial charge in [0.2, 0.25) is 0 Å². The molecule has 0 bridgehead atoms. The number of hydrogen-bond acceptors (Lipinski definition) is 3. The first-order chi connectivity index (χ1) is 32.6. The van der Waals surface area contributed by atoms with Gasteiger partial charge in [-0.25, -0.2) is 0 Å². The predicted molar refractivity (Wildman–Crippen MR) is 285 cm³/mol. The Morgan fingerprint density at radius 2 is 0.955 bits per heavy atom. The van der Waals surface area contributed by atoms with Crippen LogP contribution >= 0.6 is 15.9 Å². The monoisotopic (exact) mass is 926 g/mol. The lowest BCUT2D eigenvalue weighted by Crippen LogP contribution is -2.41. The molecule has 1 fully saturated rings. The van der Waals surface area contributed by atoms with Crippen LogP contribution in [0.3, 0.4) is 0 Å². The van der Waals surface area contributed by atoms with E-state index in [1.54, 1.807) is 0 Å². The van der Waals surface area contributed by atoms with E-state index in [2.05, 4.69) is 236 Å². The Balaban J connectivity index is 0.000000140. The third-order valence-electron chi connectivity index (χ3n) is 14.3. The summed E-state index contributed by atoms with van der Waals surface area (Å²) in [5.41, 5.74) is 9.26. The quantitative estimate of drug-likeness (QED) is 0.100. The maximum Gasteiger partial charge on any atom is 0.495 e. The fourth-order valence-corrected chi connectivity index (χ4v) is 10.7.